The van der Waals surface area contributed by atoms with Gasteiger partial charge in [-0.25, -0.2) is 4.98 Å². The Kier molecular flexibility index (Phi) is 5.97. The second-order valence-corrected chi connectivity index (χ2v) is 8.55. The molecule has 1 amide bonds. The third kappa shape index (κ3) is 4.84. The summed E-state index contributed by atoms with van der Waals surface area (Å²) in [5, 5.41) is 0.568. The Morgan fingerprint density at radius 3 is 2.73 bits per heavy atom. The Hall–Kier alpha value is -3.43. The van der Waals surface area contributed by atoms with Gasteiger partial charge in [0.05, 0.1) is 24.0 Å². The highest BCUT2D eigenvalue weighted by Gasteiger charge is 2.23. The first kappa shape index (κ1) is 21.4. The predicted molar refractivity (Wildman–Crippen MR) is 123 cm³/mol. The Morgan fingerprint density at radius 1 is 1.09 bits per heavy atom. The lowest BCUT2D eigenvalue weighted by Crippen LogP contribution is -2.50. The van der Waals surface area contributed by atoms with Crippen LogP contribution in [0.5, 0.6) is 11.5 Å². The molecule has 33 heavy (non-hydrogen) atoms. The van der Waals surface area contributed by atoms with Crippen LogP contribution in [0.1, 0.15) is 11.4 Å². The van der Waals surface area contributed by atoms with Crippen LogP contribution in [0.2, 0.25) is 0 Å². The minimum Gasteiger partial charge on any atom is -0.454 e. The van der Waals surface area contributed by atoms with Crippen molar-refractivity contribution in [2.45, 2.75) is 13.1 Å². The highest BCUT2D eigenvalue weighted by Crippen LogP contribution is 2.32. The number of hydrogen-bond acceptors (Lipinski definition) is 7. The number of para-hydroxylation sites is 1. The molecule has 9 nitrogen and oxygen atoms in total. The van der Waals surface area contributed by atoms with Crippen molar-refractivity contribution in [3.05, 3.63) is 64.2 Å². The lowest BCUT2D eigenvalue weighted by molar-refractivity contribution is -0.134. The summed E-state index contributed by atoms with van der Waals surface area (Å²) < 4.78 is 10.8. The van der Waals surface area contributed by atoms with E-state index in [1.807, 2.05) is 47.2 Å². The number of hydrogen-bond donors (Lipinski definition) is 1. The number of nitrogens with one attached hydrogen (secondary N) is 1. The van der Waals surface area contributed by atoms with Gasteiger partial charge in [-0.2, -0.15) is 0 Å². The van der Waals surface area contributed by atoms with Gasteiger partial charge in [0.15, 0.2) is 11.5 Å². The Labute approximate surface area is 191 Å². The van der Waals surface area contributed by atoms with E-state index in [2.05, 4.69) is 20.9 Å². The van der Waals surface area contributed by atoms with Crippen molar-refractivity contribution in [3.8, 4) is 11.5 Å². The van der Waals surface area contributed by atoms with Crippen molar-refractivity contribution in [1.29, 1.82) is 0 Å². The molecule has 3 heterocycles. The van der Waals surface area contributed by atoms with Gasteiger partial charge in [0, 0.05) is 32.7 Å². The summed E-state index contributed by atoms with van der Waals surface area (Å²) in [5.41, 5.74) is 1.68. The van der Waals surface area contributed by atoms with Crippen molar-refractivity contribution in [2.75, 3.05) is 46.6 Å². The molecule has 0 atom stereocenters. The summed E-state index contributed by atoms with van der Waals surface area (Å²) in [5.74, 6) is 2.23. The smallest absolute Gasteiger partial charge is 0.258 e. The van der Waals surface area contributed by atoms with Crippen molar-refractivity contribution in [2.24, 2.45) is 0 Å². The third-order valence-electron chi connectivity index (χ3n) is 6.05. The second-order valence-electron chi connectivity index (χ2n) is 8.55. The molecular weight excluding hydrogens is 422 g/mol. The van der Waals surface area contributed by atoms with Crippen LogP contribution in [-0.4, -0.2) is 77.1 Å². The summed E-state index contributed by atoms with van der Waals surface area (Å²) >= 11 is 0. The zero-order chi connectivity index (χ0) is 22.8. The SMILES string of the molecule is CN(CC(=O)N1CCN(Cc2ccc3c(c2)OCO3)CC1)Cc1nc2ccccc2c(=O)[nH]1. The Balaban J connectivity index is 1.12. The molecule has 0 bridgehead atoms. The molecule has 1 N–H and O–H groups in total. The van der Waals surface area contributed by atoms with Gasteiger partial charge in [0.25, 0.3) is 5.56 Å². The maximum absolute atomic E-state index is 12.8. The van der Waals surface area contributed by atoms with E-state index < -0.39 is 0 Å². The van der Waals surface area contributed by atoms with Gasteiger partial charge >= 0.3 is 0 Å². The van der Waals surface area contributed by atoms with Crippen molar-refractivity contribution >= 4 is 16.8 Å². The number of fused-ring (bicyclic) bond motifs is 2. The summed E-state index contributed by atoms with van der Waals surface area (Å²) in [7, 11) is 1.86. The van der Waals surface area contributed by atoms with Crippen LogP contribution in [0.4, 0.5) is 0 Å². The minimum absolute atomic E-state index is 0.0864. The normalized spacial score (nSPS) is 16.0. The number of rotatable bonds is 6. The van der Waals surface area contributed by atoms with Crippen LogP contribution >= 0.6 is 0 Å². The fourth-order valence-electron chi connectivity index (χ4n) is 4.31. The number of H-pyrrole nitrogens is 1. The molecule has 0 spiro atoms. The van der Waals surface area contributed by atoms with E-state index in [0.717, 1.165) is 31.1 Å². The quantitative estimate of drug-likeness (QED) is 0.609. The van der Waals surface area contributed by atoms with Crippen molar-refractivity contribution in [1.82, 2.24) is 24.7 Å². The van der Waals surface area contributed by atoms with Gasteiger partial charge in [0.1, 0.15) is 5.82 Å². The topological polar surface area (TPSA) is 91.0 Å². The van der Waals surface area contributed by atoms with Crippen molar-refractivity contribution in [3.63, 3.8) is 0 Å². The lowest BCUT2D eigenvalue weighted by atomic mass is 10.1. The van der Waals surface area contributed by atoms with E-state index in [9.17, 15) is 9.59 Å². The van der Waals surface area contributed by atoms with Gasteiger partial charge in [-0.15, -0.1) is 0 Å². The fourth-order valence-corrected chi connectivity index (χ4v) is 4.31. The lowest BCUT2D eigenvalue weighted by Gasteiger charge is -2.35. The number of carbonyl (C=O) groups excluding carboxylic acids is 1. The van der Waals surface area contributed by atoms with Crippen LogP contribution in [-0.2, 0) is 17.9 Å². The molecule has 1 saturated heterocycles. The third-order valence-corrected chi connectivity index (χ3v) is 6.05. The van der Waals surface area contributed by atoms with E-state index in [-0.39, 0.29) is 24.8 Å². The maximum atomic E-state index is 12.8. The van der Waals surface area contributed by atoms with Crippen LogP contribution in [0, 0.1) is 0 Å². The number of benzene rings is 2. The molecule has 2 aliphatic rings. The second kappa shape index (κ2) is 9.21. The molecule has 1 aromatic heterocycles. The highest BCUT2D eigenvalue weighted by atomic mass is 16.7. The van der Waals surface area contributed by atoms with Crippen LogP contribution in [0.25, 0.3) is 10.9 Å². The van der Waals surface area contributed by atoms with E-state index >= 15 is 0 Å². The largest absolute Gasteiger partial charge is 0.454 e. The molecule has 0 unspecified atom stereocenters. The first-order chi connectivity index (χ1) is 16.0. The first-order valence-corrected chi connectivity index (χ1v) is 11.1. The maximum Gasteiger partial charge on any atom is 0.258 e. The predicted octanol–water partition coefficient (Wildman–Crippen LogP) is 1.43. The number of carbonyl (C=O) groups is 1. The standard InChI is InChI=1S/C24H27N5O4/c1-27(14-22-25-19-5-3-2-4-18(19)24(31)26-22)15-23(30)29-10-8-28(9-11-29)13-17-6-7-20-21(12-17)33-16-32-20/h2-7,12H,8-11,13-16H2,1H3,(H,25,26,31). The average molecular weight is 450 g/mol. The molecule has 0 aliphatic carbocycles. The average Bonchev–Trinajstić information content (AvgIpc) is 3.27. The zero-order valence-electron chi connectivity index (χ0n) is 18.6. The van der Waals surface area contributed by atoms with Gasteiger partial charge in [-0.3, -0.25) is 19.4 Å². The van der Waals surface area contributed by atoms with Crippen molar-refractivity contribution < 1.29 is 14.3 Å². The Bertz CT molecular complexity index is 1220. The van der Waals surface area contributed by atoms with Crippen LogP contribution < -0.4 is 15.0 Å². The number of piperazine rings is 1. The molecule has 3 aromatic rings. The fraction of sp³-hybridized carbons (Fsp3) is 0.375. The molecule has 1 fully saturated rings. The molecule has 0 radical (unpaired) electrons. The number of likely N-dealkylation sites (N-methyl/N-ethyl adjacent to an activating group) is 1. The zero-order valence-corrected chi connectivity index (χ0v) is 18.6. The first-order valence-electron chi connectivity index (χ1n) is 11.1. The molecule has 0 saturated carbocycles. The minimum atomic E-state index is -0.158. The summed E-state index contributed by atoms with van der Waals surface area (Å²) in [4.78, 5) is 38.5. The molecule has 172 valence electrons. The summed E-state index contributed by atoms with van der Waals surface area (Å²) in [6.45, 7) is 4.81. The number of amides is 1. The highest BCUT2D eigenvalue weighted by molar-refractivity contribution is 5.78. The van der Waals surface area contributed by atoms with Gasteiger partial charge in [-0.05, 0) is 36.9 Å². The number of ether oxygens (including phenoxy) is 2. The monoisotopic (exact) mass is 449 g/mol. The van der Waals surface area contributed by atoms with E-state index in [0.29, 0.717) is 36.4 Å². The molecule has 9 heteroatoms. The number of aromatic nitrogens is 2. The van der Waals surface area contributed by atoms with Gasteiger partial charge < -0.3 is 19.4 Å². The van der Waals surface area contributed by atoms with Gasteiger partial charge in [0.2, 0.25) is 12.7 Å². The number of aromatic amines is 1. The van der Waals surface area contributed by atoms with Crippen LogP contribution in [0.15, 0.2) is 47.3 Å². The van der Waals surface area contributed by atoms with E-state index in [1.165, 1.54) is 5.56 Å². The van der Waals surface area contributed by atoms with Crippen LogP contribution in [0.3, 0.4) is 0 Å². The van der Waals surface area contributed by atoms with E-state index in [4.69, 9.17) is 9.47 Å². The summed E-state index contributed by atoms with van der Waals surface area (Å²) in [6.07, 6.45) is 0. The molecule has 5 rings (SSSR count). The van der Waals surface area contributed by atoms with E-state index in [1.54, 1.807) is 6.07 Å². The molecular formula is C24H27N5O4. The Morgan fingerprint density at radius 2 is 1.88 bits per heavy atom. The number of nitrogens with zero attached hydrogens (tertiary/aromatic N) is 4. The summed E-state index contributed by atoms with van der Waals surface area (Å²) in [6, 6.07) is 13.3. The molecule has 2 aromatic carbocycles. The molecule has 2 aliphatic heterocycles. The van der Waals surface area contributed by atoms with Gasteiger partial charge in [-0.1, -0.05) is 18.2 Å².